The molecule has 5 nitrogen and oxygen atoms in total. The Morgan fingerprint density at radius 2 is 2.17 bits per heavy atom. The Morgan fingerprint density at radius 3 is 2.78 bits per heavy atom. The summed E-state index contributed by atoms with van der Waals surface area (Å²) < 4.78 is 22.4. The Kier molecular flexibility index (Phi) is 3.32. The van der Waals surface area contributed by atoms with Crippen molar-refractivity contribution in [3.8, 4) is 0 Å². The summed E-state index contributed by atoms with van der Waals surface area (Å²) in [7, 11) is -3.19. The molecule has 0 bridgehead atoms. The summed E-state index contributed by atoms with van der Waals surface area (Å²) in [5.41, 5.74) is 6.21. The molecular weight excluding hydrogens is 276 g/mol. The first-order valence-corrected chi connectivity index (χ1v) is 7.23. The molecule has 0 saturated heterocycles. The summed E-state index contributed by atoms with van der Waals surface area (Å²) in [4.78, 5) is 11.9. The predicted molar refractivity (Wildman–Crippen MR) is 70.0 cm³/mol. The third kappa shape index (κ3) is 2.83. The number of nitrogens with two attached hydrogens (primary N) is 1. The number of carbonyl (C=O) groups excluding carboxylic acids is 1. The molecular formula is C11H11ClN2O3S. The highest BCUT2D eigenvalue weighted by atomic mass is 35.5. The van der Waals surface area contributed by atoms with E-state index in [4.69, 9.17) is 17.3 Å². The number of amides is 1. The van der Waals surface area contributed by atoms with Crippen LogP contribution in [0.3, 0.4) is 0 Å². The van der Waals surface area contributed by atoms with E-state index < -0.39 is 21.8 Å². The first-order chi connectivity index (χ1) is 8.37. The Bertz CT molecular complexity index is 625. The van der Waals surface area contributed by atoms with Gasteiger partial charge in [-0.1, -0.05) is 11.6 Å². The molecule has 7 heteroatoms. The highest BCUT2D eigenvalue weighted by Gasteiger charge is 2.24. The second-order valence-corrected chi connectivity index (χ2v) is 6.32. The van der Waals surface area contributed by atoms with Gasteiger partial charge in [-0.15, -0.1) is 0 Å². The third-order valence-corrected chi connectivity index (χ3v) is 4.21. The summed E-state index contributed by atoms with van der Waals surface area (Å²) in [5.74, 6) is -0.572. The zero-order chi connectivity index (χ0) is 13.3. The van der Waals surface area contributed by atoms with E-state index in [-0.39, 0.29) is 16.3 Å². The lowest BCUT2D eigenvalue weighted by Gasteiger charge is -2.11. The third-order valence-electron chi connectivity index (χ3n) is 2.48. The summed E-state index contributed by atoms with van der Waals surface area (Å²) in [6.07, 6.45) is 1.44. The van der Waals surface area contributed by atoms with E-state index >= 15 is 0 Å². The smallest absolute Gasteiger partial charge is 0.253 e. The van der Waals surface area contributed by atoms with Crippen molar-refractivity contribution in [2.24, 2.45) is 0 Å². The minimum atomic E-state index is -3.19. The minimum absolute atomic E-state index is 0.126. The maximum atomic E-state index is 11.9. The molecule has 1 amide bonds. The summed E-state index contributed by atoms with van der Waals surface area (Å²) in [5, 5.41) is 3.94. The Labute approximate surface area is 110 Å². The predicted octanol–water partition coefficient (Wildman–Crippen LogP) is 0.963. The van der Waals surface area contributed by atoms with Gasteiger partial charge in [0.05, 0.1) is 22.4 Å². The Morgan fingerprint density at radius 1 is 1.44 bits per heavy atom. The molecule has 0 aliphatic carbocycles. The van der Waals surface area contributed by atoms with E-state index in [2.05, 4.69) is 5.32 Å². The van der Waals surface area contributed by atoms with E-state index in [1.54, 1.807) is 6.07 Å². The van der Waals surface area contributed by atoms with Crippen LogP contribution in [0.5, 0.6) is 0 Å². The van der Waals surface area contributed by atoms with Crippen LogP contribution in [0.4, 0.5) is 5.69 Å². The van der Waals surface area contributed by atoms with Crippen LogP contribution < -0.4 is 11.1 Å². The lowest BCUT2D eigenvalue weighted by molar-refractivity contribution is 0.0948. The molecule has 1 aromatic rings. The molecule has 1 heterocycles. The normalized spacial score (nSPS) is 20.8. The van der Waals surface area contributed by atoms with Crippen LogP contribution in [0.25, 0.3) is 0 Å². The molecule has 1 aliphatic rings. The van der Waals surface area contributed by atoms with Crippen molar-refractivity contribution in [2.45, 2.75) is 6.04 Å². The zero-order valence-electron chi connectivity index (χ0n) is 9.26. The van der Waals surface area contributed by atoms with Gasteiger partial charge in [0, 0.05) is 11.1 Å². The molecule has 0 spiro atoms. The molecule has 1 unspecified atom stereocenters. The number of rotatable bonds is 2. The van der Waals surface area contributed by atoms with E-state index in [1.165, 1.54) is 18.2 Å². The Balaban J connectivity index is 2.14. The fourth-order valence-corrected chi connectivity index (χ4v) is 3.07. The van der Waals surface area contributed by atoms with Crippen molar-refractivity contribution in [3.63, 3.8) is 0 Å². The number of anilines is 1. The topological polar surface area (TPSA) is 89.3 Å². The highest BCUT2D eigenvalue weighted by molar-refractivity contribution is 7.94. The second-order valence-electron chi connectivity index (χ2n) is 3.98. The van der Waals surface area contributed by atoms with Crippen LogP contribution in [0, 0.1) is 0 Å². The monoisotopic (exact) mass is 286 g/mol. The van der Waals surface area contributed by atoms with Crippen LogP contribution in [-0.2, 0) is 9.84 Å². The van der Waals surface area contributed by atoms with Crippen molar-refractivity contribution in [3.05, 3.63) is 40.3 Å². The second kappa shape index (κ2) is 4.62. The number of halogens is 1. The van der Waals surface area contributed by atoms with Crippen molar-refractivity contribution in [2.75, 3.05) is 11.5 Å². The molecule has 0 saturated carbocycles. The average molecular weight is 287 g/mol. The summed E-state index contributed by atoms with van der Waals surface area (Å²) in [6.45, 7) is 0. The van der Waals surface area contributed by atoms with Gasteiger partial charge >= 0.3 is 0 Å². The van der Waals surface area contributed by atoms with Crippen molar-refractivity contribution >= 4 is 33.0 Å². The van der Waals surface area contributed by atoms with E-state index in [1.807, 2.05) is 0 Å². The van der Waals surface area contributed by atoms with Crippen LogP contribution in [0.15, 0.2) is 29.7 Å². The highest BCUT2D eigenvalue weighted by Crippen LogP contribution is 2.19. The first kappa shape index (κ1) is 12.9. The maximum absolute atomic E-state index is 11.9. The lowest BCUT2D eigenvalue weighted by Crippen LogP contribution is -2.35. The van der Waals surface area contributed by atoms with Crippen molar-refractivity contribution < 1.29 is 13.2 Å². The van der Waals surface area contributed by atoms with E-state index in [0.717, 1.165) is 5.41 Å². The van der Waals surface area contributed by atoms with Gasteiger partial charge in [-0.25, -0.2) is 8.42 Å². The largest absolute Gasteiger partial charge is 0.399 e. The van der Waals surface area contributed by atoms with Gasteiger partial charge in [0.25, 0.3) is 5.91 Å². The maximum Gasteiger partial charge on any atom is 0.253 e. The van der Waals surface area contributed by atoms with Crippen LogP contribution >= 0.6 is 11.6 Å². The SMILES string of the molecule is Nc1ccc(Cl)c(C(=O)NC2C=CS(=O)(=O)C2)c1. The van der Waals surface area contributed by atoms with Gasteiger partial charge in [-0.05, 0) is 24.3 Å². The standard InChI is InChI=1S/C11H11ClN2O3S/c12-10-2-1-7(13)5-9(10)11(15)14-8-3-4-18(16,17)6-8/h1-5,8H,6,13H2,(H,14,15). The fraction of sp³-hybridized carbons (Fsp3) is 0.182. The Hall–Kier alpha value is -1.53. The lowest BCUT2D eigenvalue weighted by atomic mass is 10.1. The molecule has 18 heavy (non-hydrogen) atoms. The number of sulfone groups is 1. The van der Waals surface area contributed by atoms with Crippen LogP contribution in [0.1, 0.15) is 10.4 Å². The number of nitrogen functional groups attached to an aromatic ring is 1. The first-order valence-electron chi connectivity index (χ1n) is 5.14. The van der Waals surface area contributed by atoms with Gasteiger partial charge in [0.15, 0.2) is 9.84 Å². The molecule has 0 radical (unpaired) electrons. The molecule has 96 valence electrons. The molecule has 1 atom stereocenters. The van der Waals surface area contributed by atoms with Crippen molar-refractivity contribution in [1.82, 2.24) is 5.32 Å². The van der Waals surface area contributed by atoms with Gasteiger partial charge in [0.2, 0.25) is 0 Å². The van der Waals surface area contributed by atoms with Gasteiger partial charge in [-0.2, -0.15) is 0 Å². The van der Waals surface area contributed by atoms with Gasteiger partial charge in [0.1, 0.15) is 0 Å². The zero-order valence-corrected chi connectivity index (χ0v) is 10.8. The molecule has 1 aromatic carbocycles. The average Bonchev–Trinajstić information content (AvgIpc) is 2.61. The number of hydrogen-bond donors (Lipinski definition) is 2. The molecule has 2 rings (SSSR count). The van der Waals surface area contributed by atoms with E-state index in [9.17, 15) is 13.2 Å². The van der Waals surface area contributed by atoms with Crippen LogP contribution in [-0.4, -0.2) is 26.1 Å². The quantitative estimate of drug-likeness (QED) is 0.793. The van der Waals surface area contributed by atoms with E-state index in [0.29, 0.717) is 5.69 Å². The summed E-state index contributed by atoms with van der Waals surface area (Å²) in [6, 6.07) is 4.02. The number of hydrogen-bond acceptors (Lipinski definition) is 4. The van der Waals surface area contributed by atoms with Crippen molar-refractivity contribution in [1.29, 1.82) is 0 Å². The fourth-order valence-electron chi connectivity index (χ4n) is 1.63. The van der Waals surface area contributed by atoms with Crippen LogP contribution in [0.2, 0.25) is 5.02 Å². The van der Waals surface area contributed by atoms with Gasteiger partial charge in [-0.3, -0.25) is 4.79 Å². The summed E-state index contributed by atoms with van der Waals surface area (Å²) >= 11 is 5.88. The molecule has 0 aromatic heterocycles. The molecule has 3 N–H and O–H groups in total. The number of carbonyl (C=O) groups is 1. The minimum Gasteiger partial charge on any atom is -0.399 e. The number of nitrogens with one attached hydrogen (secondary N) is 1. The molecule has 1 aliphatic heterocycles. The number of benzene rings is 1. The molecule has 0 fully saturated rings. The van der Waals surface area contributed by atoms with Gasteiger partial charge < -0.3 is 11.1 Å².